The van der Waals surface area contributed by atoms with Gasteiger partial charge in [-0.2, -0.15) is 0 Å². The number of amides is 1. The highest BCUT2D eigenvalue weighted by Crippen LogP contribution is 2.30. The molecule has 8 heteroatoms. The van der Waals surface area contributed by atoms with Crippen LogP contribution in [0.4, 0.5) is 4.79 Å². The maximum absolute atomic E-state index is 11.8. The molecule has 30 heavy (non-hydrogen) atoms. The van der Waals surface area contributed by atoms with Gasteiger partial charge in [0.25, 0.3) is 0 Å². The van der Waals surface area contributed by atoms with Gasteiger partial charge in [-0.25, -0.2) is 13.2 Å². The number of hydrogen-bond donors (Lipinski definition) is 1. The van der Waals surface area contributed by atoms with Crippen molar-refractivity contribution < 1.29 is 18.3 Å². The summed E-state index contributed by atoms with van der Waals surface area (Å²) in [6, 6.07) is 11.2. The van der Waals surface area contributed by atoms with Crippen LogP contribution in [0.25, 0.3) is 10.9 Å². The monoisotopic (exact) mass is 427 g/mol. The summed E-state index contributed by atoms with van der Waals surface area (Å²) in [6.07, 6.45) is 5.85. The largest absolute Gasteiger partial charge is 0.465 e. The first kappa shape index (κ1) is 20.4. The zero-order valence-corrected chi connectivity index (χ0v) is 17.8. The molecule has 1 amide bonds. The molecule has 2 aromatic heterocycles. The number of carboxylic acid groups (broad SMARTS) is 1. The highest BCUT2D eigenvalue weighted by atomic mass is 32.2. The van der Waals surface area contributed by atoms with Crippen molar-refractivity contribution in [2.75, 3.05) is 19.3 Å². The number of hydrogen-bond acceptors (Lipinski definition) is 4. The number of sulfone groups is 1. The number of carbonyl (C=O) groups is 1. The van der Waals surface area contributed by atoms with Gasteiger partial charge in [0.05, 0.1) is 16.6 Å². The smallest absolute Gasteiger partial charge is 0.407 e. The Morgan fingerprint density at radius 1 is 1.17 bits per heavy atom. The summed E-state index contributed by atoms with van der Waals surface area (Å²) >= 11 is 0. The quantitative estimate of drug-likeness (QED) is 0.682. The summed E-state index contributed by atoms with van der Waals surface area (Å²) in [5.41, 5.74) is 3.03. The molecule has 3 heterocycles. The first-order valence-corrected chi connectivity index (χ1v) is 11.9. The number of likely N-dealkylation sites (tertiary alicyclic amines) is 1. The van der Waals surface area contributed by atoms with E-state index in [0.29, 0.717) is 23.9 Å². The van der Waals surface area contributed by atoms with Gasteiger partial charge in [-0.1, -0.05) is 6.07 Å². The van der Waals surface area contributed by atoms with Gasteiger partial charge >= 0.3 is 6.09 Å². The lowest BCUT2D eigenvalue weighted by Gasteiger charge is -2.30. The second-order valence-corrected chi connectivity index (χ2v) is 9.97. The Balaban J connectivity index is 1.53. The van der Waals surface area contributed by atoms with Gasteiger partial charge in [0.2, 0.25) is 0 Å². The molecule has 1 aliphatic rings. The number of piperidine rings is 1. The first-order chi connectivity index (χ1) is 14.2. The van der Waals surface area contributed by atoms with Crippen LogP contribution >= 0.6 is 0 Å². The van der Waals surface area contributed by atoms with E-state index in [-0.39, 0.29) is 6.04 Å². The number of rotatable bonds is 4. The van der Waals surface area contributed by atoms with Crippen LogP contribution < -0.4 is 0 Å². The van der Waals surface area contributed by atoms with E-state index in [1.165, 1.54) is 11.2 Å². The van der Waals surface area contributed by atoms with Crippen molar-refractivity contribution in [2.24, 2.45) is 0 Å². The number of nitrogens with zero attached hydrogens (tertiary/aromatic N) is 3. The minimum absolute atomic E-state index is 0.00510. The van der Waals surface area contributed by atoms with Crippen molar-refractivity contribution in [1.82, 2.24) is 14.5 Å². The molecule has 7 nitrogen and oxygen atoms in total. The van der Waals surface area contributed by atoms with Gasteiger partial charge in [-0.15, -0.1) is 0 Å². The molecule has 0 radical (unpaired) electrons. The molecule has 4 rings (SSSR count). The van der Waals surface area contributed by atoms with Crippen molar-refractivity contribution in [2.45, 2.75) is 36.6 Å². The average Bonchev–Trinajstić information content (AvgIpc) is 3.16. The van der Waals surface area contributed by atoms with E-state index in [4.69, 9.17) is 5.11 Å². The molecule has 3 aromatic rings. The maximum Gasteiger partial charge on any atom is 0.407 e. The standard InChI is InChI=1S/C22H25N3O4S/c1-15(25-12-9-17-13-19(30(2,28)29)4-6-21(17)25)20-5-3-18(14-23-20)16-7-10-24(11-8-16)22(26)27/h3-6,9,12-16H,7-8,10-11H2,1-2H3,(H,26,27). The topological polar surface area (TPSA) is 92.5 Å². The zero-order valence-electron chi connectivity index (χ0n) is 17.0. The average molecular weight is 428 g/mol. The van der Waals surface area contributed by atoms with Crippen molar-refractivity contribution in [3.05, 3.63) is 60.0 Å². The second-order valence-electron chi connectivity index (χ2n) is 7.95. The molecule has 0 bridgehead atoms. The van der Waals surface area contributed by atoms with E-state index >= 15 is 0 Å². The number of aromatic nitrogens is 2. The van der Waals surface area contributed by atoms with E-state index < -0.39 is 15.9 Å². The summed E-state index contributed by atoms with van der Waals surface area (Å²) in [4.78, 5) is 17.5. The molecule has 1 N–H and O–H groups in total. The highest BCUT2D eigenvalue weighted by molar-refractivity contribution is 7.90. The number of benzene rings is 1. The first-order valence-electron chi connectivity index (χ1n) is 9.98. The SMILES string of the molecule is CC(c1ccc(C2CCN(C(=O)O)CC2)cn1)n1ccc2cc(S(C)(=O)=O)ccc21. The van der Waals surface area contributed by atoms with Crippen LogP contribution in [0.5, 0.6) is 0 Å². The third-order valence-electron chi connectivity index (χ3n) is 6.01. The Hall–Kier alpha value is -2.87. The van der Waals surface area contributed by atoms with E-state index in [2.05, 4.69) is 22.5 Å². The molecule has 0 aliphatic carbocycles. The Labute approximate surface area is 175 Å². The Bertz CT molecular complexity index is 1180. The maximum atomic E-state index is 11.8. The van der Waals surface area contributed by atoms with Crippen molar-refractivity contribution in [3.63, 3.8) is 0 Å². The molecular weight excluding hydrogens is 402 g/mol. The lowest BCUT2D eigenvalue weighted by molar-refractivity contribution is 0.132. The van der Waals surface area contributed by atoms with Gasteiger partial charge in [0, 0.05) is 42.6 Å². The Morgan fingerprint density at radius 2 is 1.90 bits per heavy atom. The summed E-state index contributed by atoms with van der Waals surface area (Å²) in [6.45, 7) is 3.18. The van der Waals surface area contributed by atoms with Crippen LogP contribution in [0.1, 0.15) is 43.0 Å². The van der Waals surface area contributed by atoms with Crippen LogP contribution in [-0.2, 0) is 9.84 Å². The van der Waals surface area contributed by atoms with E-state index in [9.17, 15) is 13.2 Å². The van der Waals surface area contributed by atoms with Gasteiger partial charge in [0.1, 0.15) is 0 Å². The fraction of sp³-hybridized carbons (Fsp3) is 0.364. The predicted octanol–water partition coefficient (Wildman–Crippen LogP) is 3.91. The third kappa shape index (κ3) is 3.92. The van der Waals surface area contributed by atoms with E-state index in [1.807, 2.05) is 30.6 Å². The highest BCUT2D eigenvalue weighted by Gasteiger charge is 2.24. The number of pyridine rings is 1. The molecule has 1 aliphatic heterocycles. The van der Waals surface area contributed by atoms with Crippen LogP contribution in [0, 0.1) is 0 Å². The summed E-state index contributed by atoms with van der Waals surface area (Å²) < 4.78 is 25.7. The van der Waals surface area contributed by atoms with Crippen LogP contribution in [0.2, 0.25) is 0 Å². The lowest BCUT2D eigenvalue weighted by atomic mass is 9.90. The molecule has 158 valence electrons. The molecule has 1 fully saturated rings. The zero-order chi connectivity index (χ0) is 21.5. The summed E-state index contributed by atoms with van der Waals surface area (Å²) in [5.74, 6) is 0.333. The lowest BCUT2D eigenvalue weighted by Crippen LogP contribution is -2.36. The van der Waals surface area contributed by atoms with E-state index in [1.54, 1.807) is 12.1 Å². The van der Waals surface area contributed by atoms with Crippen LogP contribution in [-0.4, -0.2) is 53.4 Å². The number of fused-ring (bicyclic) bond motifs is 1. The fourth-order valence-corrected chi connectivity index (χ4v) is 4.82. The minimum atomic E-state index is -3.24. The molecule has 1 atom stereocenters. The third-order valence-corrected chi connectivity index (χ3v) is 7.12. The van der Waals surface area contributed by atoms with E-state index in [0.717, 1.165) is 35.0 Å². The van der Waals surface area contributed by atoms with Gasteiger partial charge in [-0.05, 0) is 61.6 Å². The molecular formula is C22H25N3O4S. The Morgan fingerprint density at radius 3 is 2.50 bits per heavy atom. The molecule has 1 saturated heterocycles. The van der Waals surface area contributed by atoms with Crippen molar-refractivity contribution >= 4 is 26.8 Å². The normalized spacial score (nSPS) is 16.7. The van der Waals surface area contributed by atoms with Crippen molar-refractivity contribution in [1.29, 1.82) is 0 Å². The molecule has 1 unspecified atom stereocenters. The van der Waals surface area contributed by atoms with Crippen LogP contribution in [0.3, 0.4) is 0 Å². The van der Waals surface area contributed by atoms with Crippen LogP contribution in [0.15, 0.2) is 53.7 Å². The summed E-state index contributed by atoms with van der Waals surface area (Å²) in [7, 11) is -3.24. The summed E-state index contributed by atoms with van der Waals surface area (Å²) in [5, 5.41) is 9.98. The molecule has 1 aromatic carbocycles. The molecule has 0 saturated carbocycles. The van der Waals surface area contributed by atoms with Gasteiger partial charge in [0.15, 0.2) is 9.84 Å². The van der Waals surface area contributed by atoms with Gasteiger partial charge < -0.3 is 14.6 Å². The predicted molar refractivity (Wildman–Crippen MR) is 115 cm³/mol. The second kappa shape index (κ2) is 7.75. The van der Waals surface area contributed by atoms with Gasteiger partial charge in [-0.3, -0.25) is 4.98 Å². The van der Waals surface area contributed by atoms with Crippen molar-refractivity contribution in [3.8, 4) is 0 Å². The minimum Gasteiger partial charge on any atom is -0.465 e. The Kier molecular flexibility index (Phi) is 5.27. The molecule has 0 spiro atoms. The fourth-order valence-electron chi connectivity index (χ4n) is 4.16.